The second-order valence-electron chi connectivity index (χ2n) is 3.37. The number of ketones is 1. The summed E-state index contributed by atoms with van der Waals surface area (Å²) in [4.78, 5) is 33.0. The molecule has 0 aliphatic rings. The fourth-order valence-corrected chi connectivity index (χ4v) is 1.34. The van der Waals surface area contributed by atoms with Gasteiger partial charge in [0.2, 0.25) is 0 Å². The molecule has 5 nitrogen and oxygen atoms in total. The first-order valence-electron chi connectivity index (χ1n) is 4.88. The number of nitrogens with zero attached hydrogens (tertiary/aromatic N) is 1. The Hall–Kier alpha value is -2.18. The van der Waals surface area contributed by atoms with Gasteiger partial charge in [0.25, 0.3) is 0 Å². The maximum absolute atomic E-state index is 13.3. The molecule has 0 aliphatic carbocycles. The van der Waals surface area contributed by atoms with Crippen LogP contribution in [0.4, 0.5) is 8.78 Å². The van der Waals surface area contributed by atoms with Gasteiger partial charge in [-0.05, 0) is 12.1 Å². The zero-order valence-corrected chi connectivity index (χ0v) is 9.35. The average Bonchev–Trinajstić information content (AvgIpc) is 2.34. The summed E-state index contributed by atoms with van der Waals surface area (Å²) in [6, 6.07) is 1.29. The topological polar surface area (TPSA) is 72.8 Å². The Bertz CT molecular complexity index is 470. The maximum atomic E-state index is 13.3. The maximum Gasteiger partial charge on any atom is 0.334 e. The van der Waals surface area contributed by atoms with E-state index in [-0.39, 0.29) is 0 Å². The van der Waals surface area contributed by atoms with Crippen molar-refractivity contribution in [3.8, 4) is 0 Å². The van der Waals surface area contributed by atoms with E-state index in [0.717, 1.165) is 25.3 Å². The lowest BCUT2D eigenvalue weighted by Gasteiger charge is -2.07. The summed E-state index contributed by atoms with van der Waals surface area (Å²) < 4.78 is 30.7. The van der Waals surface area contributed by atoms with Crippen molar-refractivity contribution < 1.29 is 23.1 Å². The van der Waals surface area contributed by atoms with E-state index in [4.69, 9.17) is 0 Å². The summed E-state index contributed by atoms with van der Waals surface area (Å²) in [6.45, 7) is 0. The Balaban J connectivity index is 2.95. The first-order valence-corrected chi connectivity index (χ1v) is 4.88. The molecule has 1 atom stereocenters. The molecule has 0 radical (unpaired) electrons. The van der Waals surface area contributed by atoms with Crippen LogP contribution in [0.1, 0.15) is 16.8 Å². The number of hydrogen-bond donors (Lipinski definition) is 0. The second kappa shape index (κ2) is 5.95. The van der Waals surface area contributed by atoms with Crippen LogP contribution in [0, 0.1) is 16.5 Å². The van der Waals surface area contributed by atoms with Crippen molar-refractivity contribution >= 4 is 11.8 Å². The van der Waals surface area contributed by atoms with Gasteiger partial charge in [-0.2, -0.15) is 0 Å². The minimum absolute atomic E-state index is 0.742. The van der Waals surface area contributed by atoms with Crippen LogP contribution in [0.3, 0.4) is 0 Å². The number of benzene rings is 1. The van der Waals surface area contributed by atoms with E-state index < -0.39 is 41.4 Å². The number of rotatable bonds is 5. The van der Waals surface area contributed by atoms with Gasteiger partial charge in [-0.25, -0.2) is 13.6 Å². The third kappa shape index (κ3) is 2.93. The molecule has 1 aromatic carbocycles. The van der Waals surface area contributed by atoms with Gasteiger partial charge in [-0.3, -0.25) is 4.79 Å². The highest BCUT2D eigenvalue weighted by molar-refractivity contribution is 5.99. The lowest BCUT2D eigenvalue weighted by Crippen LogP contribution is -2.24. The van der Waals surface area contributed by atoms with E-state index in [9.17, 15) is 23.3 Å². The lowest BCUT2D eigenvalue weighted by atomic mass is 10.0. The van der Waals surface area contributed by atoms with Crippen LogP contribution in [-0.4, -0.2) is 24.9 Å². The zero-order valence-electron chi connectivity index (χ0n) is 9.35. The lowest BCUT2D eigenvalue weighted by molar-refractivity contribution is -0.142. The van der Waals surface area contributed by atoms with Crippen molar-refractivity contribution in [2.45, 2.75) is 12.5 Å². The summed E-state index contributed by atoms with van der Waals surface area (Å²) in [6.07, 6.45) is -0.742. The van der Waals surface area contributed by atoms with Crippen molar-refractivity contribution in [1.82, 2.24) is 0 Å². The smallest absolute Gasteiger partial charge is 0.334 e. The fourth-order valence-electron chi connectivity index (χ4n) is 1.34. The number of hydrogen-bond acceptors (Lipinski definition) is 5. The fraction of sp³-hybridized carbons (Fsp3) is 0.273. The molecule has 0 bridgehead atoms. The molecule has 0 N–H and O–H groups in total. The van der Waals surface area contributed by atoms with Crippen LogP contribution in [0.5, 0.6) is 0 Å². The third-order valence-electron chi connectivity index (χ3n) is 2.22. The number of halogens is 2. The van der Waals surface area contributed by atoms with Crippen molar-refractivity contribution in [2.24, 2.45) is 5.18 Å². The van der Waals surface area contributed by atoms with Crippen molar-refractivity contribution in [3.05, 3.63) is 40.3 Å². The molecule has 0 aliphatic heterocycles. The van der Waals surface area contributed by atoms with Gasteiger partial charge in [0.1, 0.15) is 11.6 Å². The van der Waals surface area contributed by atoms with E-state index in [1.54, 1.807) is 0 Å². The Morgan fingerprint density at radius 2 is 1.89 bits per heavy atom. The molecular formula is C11H9F2NO4. The van der Waals surface area contributed by atoms with Gasteiger partial charge in [0, 0.05) is 6.42 Å². The summed E-state index contributed by atoms with van der Waals surface area (Å²) in [5, 5.41) is 2.39. The Morgan fingerprint density at radius 3 is 2.33 bits per heavy atom. The number of ether oxygens (including phenoxy) is 1. The van der Waals surface area contributed by atoms with Gasteiger partial charge < -0.3 is 4.74 Å². The molecular weight excluding hydrogens is 248 g/mol. The van der Waals surface area contributed by atoms with Gasteiger partial charge >= 0.3 is 5.97 Å². The average molecular weight is 257 g/mol. The Kier molecular flexibility index (Phi) is 4.59. The van der Waals surface area contributed by atoms with Crippen LogP contribution >= 0.6 is 0 Å². The van der Waals surface area contributed by atoms with Crippen LogP contribution in [0.15, 0.2) is 23.4 Å². The SMILES string of the molecule is COC(=O)C(CC(=O)c1c(F)cccc1F)N=O. The van der Waals surface area contributed by atoms with Crippen molar-refractivity contribution in [1.29, 1.82) is 0 Å². The van der Waals surface area contributed by atoms with E-state index in [1.165, 1.54) is 0 Å². The molecule has 1 unspecified atom stereocenters. The molecule has 0 aromatic heterocycles. The number of carbonyl (C=O) groups is 2. The van der Waals surface area contributed by atoms with Crippen molar-refractivity contribution in [2.75, 3.05) is 7.11 Å². The van der Waals surface area contributed by atoms with Crippen LogP contribution in [0.2, 0.25) is 0 Å². The first-order chi connectivity index (χ1) is 8.51. The monoisotopic (exact) mass is 257 g/mol. The molecule has 18 heavy (non-hydrogen) atoms. The molecule has 7 heteroatoms. The molecule has 0 fully saturated rings. The first kappa shape index (κ1) is 13.9. The normalized spacial score (nSPS) is 11.7. The summed E-state index contributed by atoms with van der Waals surface area (Å²) >= 11 is 0. The van der Waals surface area contributed by atoms with E-state index in [1.807, 2.05) is 0 Å². The quantitative estimate of drug-likeness (QED) is 0.458. The van der Waals surface area contributed by atoms with E-state index in [2.05, 4.69) is 9.91 Å². The van der Waals surface area contributed by atoms with Gasteiger partial charge in [-0.15, -0.1) is 4.91 Å². The summed E-state index contributed by atoms with van der Waals surface area (Å²) in [5.41, 5.74) is -0.796. The number of nitroso groups, excluding NO2 is 1. The number of methoxy groups -OCH3 is 1. The number of esters is 1. The van der Waals surface area contributed by atoms with Gasteiger partial charge in [-0.1, -0.05) is 11.2 Å². The predicted octanol–water partition coefficient (Wildman–Crippen LogP) is 1.85. The largest absolute Gasteiger partial charge is 0.467 e. The highest BCUT2D eigenvalue weighted by Crippen LogP contribution is 2.16. The van der Waals surface area contributed by atoms with Crippen LogP contribution < -0.4 is 0 Å². The molecule has 96 valence electrons. The highest BCUT2D eigenvalue weighted by Gasteiger charge is 2.27. The highest BCUT2D eigenvalue weighted by atomic mass is 19.1. The predicted molar refractivity (Wildman–Crippen MR) is 56.9 cm³/mol. The molecule has 1 aromatic rings. The Labute approximate surface area is 101 Å². The van der Waals surface area contributed by atoms with Crippen molar-refractivity contribution in [3.63, 3.8) is 0 Å². The molecule has 0 saturated carbocycles. The van der Waals surface area contributed by atoms with E-state index in [0.29, 0.717) is 0 Å². The van der Waals surface area contributed by atoms with Crippen LogP contribution in [-0.2, 0) is 9.53 Å². The molecule has 0 saturated heterocycles. The third-order valence-corrected chi connectivity index (χ3v) is 2.22. The summed E-state index contributed by atoms with van der Waals surface area (Å²) in [7, 11) is 1.01. The molecule has 0 spiro atoms. The minimum Gasteiger partial charge on any atom is -0.467 e. The number of carbonyl (C=O) groups excluding carboxylic acids is 2. The molecule has 1 rings (SSSR count). The zero-order chi connectivity index (χ0) is 13.7. The van der Waals surface area contributed by atoms with Crippen LogP contribution in [0.25, 0.3) is 0 Å². The van der Waals surface area contributed by atoms with Gasteiger partial charge in [0.15, 0.2) is 11.8 Å². The number of Topliss-reactive ketones (excluding diaryl/α,β-unsaturated/α-hetero) is 1. The second-order valence-corrected chi connectivity index (χ2v) is 3.37. The molecule has 0 heterocycles. The van der Waals surface area contributed by atoms with E-state index >= 15 is 0 Å². The van der Waals surface area contributed by atoms with Gasteiger partial charge in [0.05, 0.1) is 12.7 Å². The molecule has 0 amide bonds. The Morgan fingerprint density at radius 1 is 1.33 bits per heavy atom. The summed E-state index contributed by atoms with van der Waals surface area (Å²) in [5.74, 6) is -4.18. The standard InChI is InChI=1S/C11H9F2NO4/c1-18-11(16)8(14-17)5-9(15)10-6(12)3-2-4-7(10)13/h2-4,8H,5H2,1H3. The minimum atomic E-state index is -1.61.